The third-order valence-corrected chi connectivity index (χ3v) is 5.09. The van der Waals surface area contributed by atoms with Crippen LogP contribution in [0.3, 0.4) is 0 Å². The highest BCUT2D eigenvalue weighted by Gasteiger charge is 2.21. The quantitative estimate of drug-likeness (QED) is 0.623. The Bertz CT molecular complexity index is 1030. The lowest BCUT2D eigenvalue weighted by atomic mass is 10.2. The molecule has 0 radical (unpaired) electrons. The van der Waals surface area contributed by atoms with Gasteiger partial charge in [0.25, 0.3) is 5.91 Å². The second-order valence-corrected chi connectivity index (χ2v) is 6.95. The van der Waals surface area contributed by atoms with Crippen LogP contribution in [0.5, 0.6) is 11.5 Å². The minimum Gasteiger partial charge on any atom is -0.493 e. The molecule has 0 saturated carbocycles. The smallest absolute Gasteiger partial charge is 0.349 e. The topological polar surface area (TPSA) is 73.9 Å². The van der Waals surface area contributed by atoms with Crippen molar-refractivity contribution in [3.63, 3.8) is 0 Å². The van der Waals surface area contributed by atoms with Crippen molar-refractivity contribution in [1.82, 2.24) is 0 Å². The summed E-state index contributed by atoms with van der Waals surface area (Å²) in [5, 5.41) is 3.00. The Balaban J connectivity index is 1.68. The summed E-state index contributed by atoms with van der Waals surface area (Å²) >= 11 is 1.11. The van der Waals surface area contributed by atoms with Gasteiger partial charge in [0.15, 0.2) is 17.6 Å². The van der Waals surface area contributed by atoms with E-state index >= 15 is 0 Å². The van der Waals surface area contributed by atoms with Crippen LogP contribution in [0.1, 0.15) is 16.6 Å². The first-order chi connectivity index (χ1) is 13.4. The van der Waals surface area contributed by atoms with Crippen LogP contribution in [-0.2, 0) is 9.53 Å². The Hall–Kier alpha value is -3.13. The van der Waals surface area contributed by atoms with E-state index in [1.807, 2.05) is 0 Å². The van der Waals surface area contributed by atoms with Gasteiger partial charge >= 0.3 is 5.97 Å². The molecule has 3 rings (SSSR count). The molecule has 0 bridgehead atoms. The van der Waals surface area contributed by atoms with E-state index in [0.29, 0.717) is 27.3 Å². The van der Waals surface area contributed by atoms with E-state index in [-0.39, 0.29) is 4.88 Å². The molecule has 28 heavy (non-hydrogen) atoms. The lowest BCUT2D eigenvalue weighted by Gasteiger charge is -2.14. The van der Waals surface area contributed by atoms with Crippen molar-refractivity contribution < 1.29 is 28.2 Å². The zero-order chi connectivity index (χ0) is 20.3. The second kappa shape index (κ2) is 8.26. The van der Waals surface area contributed by atoms with Crippen molar-refractivity contribution in [3.05, 3.63) is 53.2 Å². The van der Waals surface area contributed by atoms with Crippen LogP contribution in [0.4, 0.5) is 10.1 Å². The van der Waals surface area contributed by atoms with Crippen LogP contribution in [0.15, 0.2) is 42.5 Å². The van der Waals surface area contributed by atoms with E-state index in [0.717, 1.165) is 11.3 Å². The van der Waals surface area contributed by atoms with Gasteiger partial charge in [0.2, 0.25) is 0 Å². The number of nitrogens with one attached hydrogen (secondary N) is 1. The summed E-state index contributed by atoms with van der Waals surface area (Å²) < 4.78 is 30.0. The summed E-state index contributed by atoms with van der Waals surface area (Å²) in [4.78, 5) is 24.9. The molecule has 0 fully saturated rings. The largest absolute Gasteiger partial charge is 0.493 e. The highest BCUT2D eigenvalue weighted by atomic mass is 32.1. The number of ether oxygens (including phenoxy) is 3. The van der Waals surface area contributed by atoms with Gasteiger partial charge in [-0.15, -0.1) is 11.3 Å². The molecule has 1 atom stereocenters. The summed E-state index contributed by atoms with van der Waals surface area (Å²) in [6, 6.07) is 10.9. The van der Waals surface area contributed by atoms with Gasteiger partial charge in [0, 0.05) is 21.8 Å². The maximum atomic E-state index is 13.8. The van der Waals surface area contributed by atoms with Gasteiger partial charge in [-0.05, 0) is 37.3 Å². The van der Waals surface area contributed by atoms with Crippen molar-refractivity contribution in [2.24, 2.45) is 0 Å². The zero-order valence-corrected chi connectivity index (χ0v) is 16.3. The molecule has 1 heterocycles. The number of esters is 1. The summed E-state index contributed by atoms with van der Waals surface area (Å²) in [6.07, 6.45) is -1.05. The highest BCUT2D eigenvalue weighted by Crippen LogP contribution is 2.30. The molecular weight excluding hydrogens is 385 g/mol. The average molecular weight is 403 g/mol. The van der Waals surface area contributed by atoms with E-state index in [2.05, 4.69) is 5.32 Å². The maximum Gasteiger partial charge on any atom is 0.349 e. The number of benzene rings is 2. The van der Waals surface area contributed by atoms with E-state index in [1.54, 1.807) is 30.3 Å². The molecule has 0 saturated heterocycles. The molecule has 0 aliphatic heterocycles. The number of rotatable bonds is 6. The van der Waals surface area contributed by atoms with E-state index in [1.165, 1.54) is 33.3 Å². The molecule has 1 amide bonds. The first-order valence-electron chi connectivity index (χ1n) is 8.35. The lowest BCUT2D eigenvalue weighted by molar-refractivity contribution is -0.123. The van der Waals surface area contributed by atoms with E-state index in [9.17, 15) is 14.0 Å². The number of thiophene rings is 1. The number of carbonyl (C=O) groups is 2. The minimum atomic E-state index is -1.05. The number of amides is 1. The van der Waals surface area contributed by atoms with Gasteiger partial charge < -0.3 is 19.5 Å². The van der Waals surface area contributed by atoms with Crippen molar-refractivity contribution in [2.45, 2.75) is 13.0 Å². The number of methoxy groups -OCH3 is 2. The monoisotopic (exact) mass is 403 g/mol. The van der Waals surface area contributed by atoms with Crippen LogP contribution in [0.2, 0.25) is 0 Å². The fourth-order valence-corrected chi connectivity index (χ4v) is 3.51. The van der Waals surface area contributed by atoms with Crippen molar-refractivity contribution in [1.29, 1.82) is 0 Å². The maximum absolute atomic E-state index is 13.8. The molecule has 0 spiro atoms. The standard InChI is InChI=1S/C20H18FNO5S/c1-11(19(23)22-12-7-8-15(25-2)16(9-12)26-3)27-20(24)18-10-13-14(21)5-4-6-17(13)28-18/h4-11H,1-3H3,(H,22,23). The van der Waals surface area contributed by atoms with Crippen LogP contribution < -0.4 is 14.8 Å². The van der Waals surface area contributed by atoms with Crippen molar-refractivity contribution in [2.75, 3.05) is 19.5 Å². The molecule has 0 aliphatic carbocycles. The Morgan fingerprint density at radius 3 is 2.50 bits per heavy atom. The molecule has 1 unspecified atom stereocenters. The van der Waals surface area contributed by atoms with E-state index in [4.69, 9.17) is 14.2 Å². The number of carbonyl (C=O) groups excluding carboxylic acids is 2. The number of halogens is 1. The lowest BCUT2D eigenvalue weighted by Crippen LogP contribution is -2.29. The Morgan fingerprint density at radius 2 is 1.82 bits per heavy atom. The summed E-state index contributed by atoms with van der Waals surface area (Å²) in [5.74, 6) is -0.621. The fourth-order valence-electron chi connectivity index (χ4n) is 2.56. The predicted molar refractivity (Wildman–Crippen MR) is 105 cm³/mol. The summed E-state index contributed by atoms with van der Waals surface area (Å²) in [6.45, 7) is 1.46. The number of anilines is 1. The Labute approximate surface area is 164 Å². The molecular formula is C20H18FNO5S. The number of fused-ring (bicyclic) bond motifs is 1. The van der Waals surface area contributed by atoms with Crippen LogP contribution in [-0.4, -0.2) is 32.2 Å². The third-order valence-electron chi connectivity index (χ3n) is 4.01. The van der Waals surface area contributed by atoms with Crippen LogP contribution in [0, 0.1) is 5.82 Å². The minimum absolute atomic E-state index is 0.228. The van der Waals surface area contributed by atoms with Gasteiger partial charge in [-0.2, -0.15) is 0 Å². The molecule has 1 aromatic heterocycles. The number of hydrogen-bond donors (Lipinski definition) is 1. The van der Waals surface area contributed by atoms with Crippen LogP contribution in [0.25, 0.3) is 10.1 Å². The normalized spacial score (nSPS) is 11.7. The van der Waals surface area contributed by atoms with Gasteiger partial charge in [-0.1, -0.05) is 6.07 Å². The summed E-state index contributed by atoms with van der Waals surface area (Å²) in [5.41, 5.74) is 0.467. The molecule has 0 aliphatic rings. The Kier molecular flexibility index (Phi) is 5.79. The zero-order valence-electron chi connectivity index (χ0n) is 15.4. The summed E-state index contributed by atoms with van der Waals surface area (Å²) in [7, 11) is 3.00. The van der Waals surface area contributed by atoms with Crippen molar-refractivity contribution in [3.8, 4) is 11.5 Å². The van der Waals surface area contributed by atoms with Crippen LogP contribution >= 0.6 is 11.3 Å². The van der Waals surface area contributed by atoms with Crippen molar-refractivity contribution >= 4 is 39.0 Å². The molecule has 3 aromatic rings. The highest BCUT2D eigenvalue weighted by molar-refractivity contribution is 7.20. The molecule has 146 valence electrons. The average Bonchev–Trinajstić information content (AvgIpc) is 3.13. The van der Waals surface area contributed by atoms with Gasteiger partial charge in [0.05, 0.1) is 14.2 Å². The molecule has 1 N–H and O–H groups in total. The van der Waals surface area contributed by atoms with Gasteiger partial charge in [0.1, 0.15) is 10.7 Å². The van der Waals surface area contributed by atoms with E-state index < -0.39 is 23.8 Å². The first-order valence-corrected chi connectivity index (χ1v) is 9.16. The van der Waals surface area contributed by atoms with Gasteiger partial charge in [-0.3, -0.25) is 4.79 Å². The number of hydrogen-bond acceptors (Lipinski definition) is 6. The second-order valence-electron chi connectivity index (χ2n) is 5.87. The Morgan fingerprint density at radius 1 is 1.07 bits per heavy atom. The first kappa shape index (κ1) is 19.6. The SMILES string of the molecule is COc1ccc(NC(=O)C(C)OC(=O)c2cc3c(F)cccc3s2)cc1OC. The predicted octanol–water partition coefficient (Wildman–Crippen LogP) is 4.24. The van der Waals surface area contributed by atoms with Gasteiger partial charge in [-0.25, -0.2) is 9.18 Å². The third kappa shape index (κ3) is 4.07. The molecule has 6 nitrogen and oxygen atoms in total. The molecule has 2 aromatic carbocycles. The fraction of sp³-hybridized carbons (Fsp3) is 0.200. The molecule has 8 heteroatoms.